The summed E-state index contributed by atoms with van der Waals surface area (Å²) in [5.41, 5.74) is 0.469. The second kappa shape index (κ2) is 9.07. The van der Waals surface area contributed by atoms with E-state index in [9.17, 15) is 19.5 Å². The highest BCUT2D eigenvalue weighted by Crippen LogP contribution is 2.60. The summed E-state index contributed by atoms with van der Waals surface area (Å²) in [5.74, 6) is -0.170. The van der Waals surface area contributed by atoms with Gasteiger partial charge in [0, 0.05) is 17.7 Å². The van der Waals surface area contributed by atoms with Gasteiger partial charge in [0.05, 0.1) is 28.4 Å². The number of imidazole rings is 1. The van der Waals surface area contributed by atoms with E-state index in [0.29, 0.717) is 17.8 Å². The Hall–Kier alpha value is -2.37. The summed E-state index contributed by atoms with van der Waals surface area (Å²) >= 11 is 3.05. The van der Waals surface area contributed by atoms with Crippen molar-refractivity contribution < 1.29 is 29.0 Å². The van der Waals surface area contributed by atoms with Gasteiger partial charge >= 0.3 is 11.9 Å². The molecule has 208 valence electrons. The SMILES string of the molecule is CSc1ncn2cc(C3=C(C(=O)OCOC(=O)C45CC6CC(CC(C6)C4)C5)N4C(=O)[C@H]([C@@H](C)O)[C@H]4[C@H]3C)sc12. The molecule has 39 heavy (non-hydrogen) atoms. The van der Waals surface area contributed by atoms with Crippen molar-refractivity contribution in [2.75, 3.05) is 13.0 Å². The van der Waals surface area contributed by atoms with E-state index in [1.807, 2.05) is 23.8 Å². The molecule has 0 spiro atoms. The van der Waals surface area contributed by atoms with Crippen LogP contribution in [0.3, 0.4) is 0 Å². The zero-order chi connectivity index (χ0) is 27.2. The summed E-state index contributed by atoms with van der Waals surface area (Å²) in [7, 11) is 0. The fraction of sp³-hybridized carbons (Fsp3) is 0.643. The van der Waals surface area contributed by atoms with Crippen LogP contribution in [0.4, 0.5) is 0 Å². The van der Waals surface area contributed by atoms with E-state index < -0.39 is 30.2 Å². The third kappa shape index (κ3) is 3.75. The van der Waals surface area contributed by atoms with Crippen LogP contribution in [0.25, 0.3) is 10.4 Å². The molecular formula is C28H33N3O6S2. The third-order valence-electron chi connectivity index (χ3n) is 9.86. The van der Waals surface area contributed by atoms with Crippen LogP contribution in [0.2, 0.25) is 0 Å². The second-order valence-electron chi connectivity index (χ2n) is 12.3. The van der Waals surface area contributed by atoms with E-state index >= 15 is 0 Å². The Morgan fingerprint density at radius 3 is 2.49 bits per heavy atom. The normalized spacial score (nSPS) is 35.4. The summed E-state index contributed by atoms with van der Waals surface area (Å²) in [4.78, 5) is 47.6. The van der Waals surface area contributed by atoms with Gasteiger partial charge in [0.2, 0.25) is 12.7 Å². The molecule has 1 saturated heterocycles. The monoisotopic (exact) mass is 571 g/mol. The number of nitrogens with zero attached hydrogens (tertiary/aromatic N) is 3. The van der Waals surface area contributed by atoms with Crippen LogP contribution < -0.4 is 0 Å². The van der Waals surface area contributed by atoms with E-state index in [1.165, 1.54) is 35.5 Å². The van der Waals surface area contributed by atoms with E-state index in [-0.39, 0.29) is 29.5 Å². The number of aromatic nitrogens is 2. The Morgan fingerprint density at radius 1 is 1.21 bits per heavy atom. The van der Waals surface area contributed by atoms with Crippen molar-refractivity contribution in [3.8, 4) is 0 Å². The Labute approximate surface area is 234 Å². The van der Waals surface area contributed by atoms with E-state index in [1.54, 1.807) is 25.0 Å². The molecule has 11 heteroatoms. The molecule has 0 radical (unpaired) electrons. The van der Waals surface area contributed by atoms with Gasteiger partial charge in [-0.05, 0) is 69.5 Å². The van der Waals surface area contributed by atoms with Crippen molar-refractivity contribution in [2.45, 2.75) is 69.5 Å². The molecule has 0 unspecified atom stereocenters. The number of aliphatic hydroxyl groups is 1. The molecule has 5 fully saturated rings. The molecule has 4 aliphatic carbocycles. The number of carbonyl (C=O) groups is 3. The lowest BCUT2D eigenvalue weighted by Gasteiger charge is -2.55. The smallest absolute Gasteiger partial charge is 0.358 e. The van der Waals surface area contributed by atoms with E-state index in [4.69, 9.17) is 9.47 Å². The Kier molecular flexibility index (Phi) is 5.95. The van der Waals surface area contributed by atoms with E-state index in [2.05, 4.69) is 4.98 Å². The number of amides is 1. The van der Waals surface area contributed by atoms with Gasteiger partial charge in [0.15, 0.2) is 0 Å². The molecule has 2 aliphatic heterocycles. The third-order valence-corrected chi connectivity index (χ3v) is 11.8. The highest BCUT2D eigenvalue weighted by Gasteiger charge is 2.61. The topological polar surface area (TPSA) is 110 Å². The molecule has 2 aromatic rings. The van der Waals surface area contributed by atoms with Crippen LogP contribution in [0.1, 0.15) is 57.2 Å². The largest absolute Gasteiger partial charge is 0.427 e. The Bertz CT molecular complexity index is 1370. The molecule has 4 atom stereocenters. The quantitative estimate of drug-likeness (QED) is 0.230. The molecule has 4 saturated carbocycles. The first kappa shape index (κ1) is 25.6. The van der Waals surface area contributed by atoms with Gasteiger partial charge in [-0.15, -0.1) is 23.1 Å². The molecule has 8 rings (SSSR count). The molecular weight excluding hydrogens is 538 g/mol. The van der Waals surface area contributed by atoms with Crippen molar-refractivity contribution in [2.24, 2.45) is 35.0 Å². The highest BCUT2D eigenvalue weighted by molar-refractivity contribution is 7.98. The molecule has 1 amide bonds. The van der Waals surface area contributed by atoms with Crippen LogP contribution in [0, 0.1) is 35.0 Å². The minimum Gasteiger partial charge on any atom is -0.427 e. The van der Waals surface area contributed by atoms with E-state index in [0.717, 1.165) is 39.6 Å². The summed E-state index contributed by atoms with van der Waals surface area (Å²) in [5, 5.41) is 11.2. The minimum absolute atomic E-state index is 0.184. The number of thioether (sulfide) groups is 1. The second-order valence-corrected chi connectivity index (χ2v) is 14.1. The maximum Gasteiger partial charge on any atom is 0.358 e. The number of fused-ring (bicyclic) bond motifs is 2. The van der Waals surface area contributed by atoms with Gasteiger partial charge in [-0.2, -0.15) is 0 Å². The molecule has 6 aliphatic rings. The molecule has 1 N–H and O–H groups in total. The average molecular weight is 572 g/mol. The molecule has 0 aromatic carbocycles. The molecule has 4 heterocycles. The fourth-order valence-electron chi connectivity index (χ4n) is 8.64. The van der Waals surface area contributed by atoms with Crippen molar-refractivity contribution >= 4 is 51.3 Å². The molecule has 4 bridgehead atoms. The van der Waals surface area contributed by atoms with Gasteiger partial charge in [0.25, 0.3) is 0 Å². The molecule has 2 aromatic heterocycles. The van der Waals surface area contributed by atoms with Crippen molar-refractivity contribution in [3.63, 3.8) is 0 Å². The molecule has 9 nitrogen and oxygen atoms in total. The number of rotatable bonds is 7. The van der Waals surface area contributed by atoms with Crippen LogP contribution >= 0.6 is 23.1 Å². The zero-order valence-electron chi connectivity index (χ0n) is 22.3. The Balaban J connectivity index is 1.13. The van der Waals surface area contributed by atoms with Crippen LogP contribution in [-0.4, -0.2) is 62.4 Å². The van der Waals surface area contributed by atoms with Gasteiger partial charge in [0.1, 0.15) is 21.9 Å². The summed E-state index contributed by atoms with van der Waals surface area (Å²) in [6.45, 7) is 3.12. The van der Waals surface area contributed by atoms with Gasteiger partial charge in [-0.25, -0.2) is 9.78 Å². The predicted molar refractivity (Wildman–Crippen MR) is 144 cm³/mol. The van der Waals surface area contributed by atoms with Crippen LogP contribution in [0.15, 0.2) is 23.2 Å². The predicted octanol–water partition coefficient (Wildman–Crippen LogP) is 3.95. The number of carbonyl (C=O) groups excluding carboxylic acids is 3. The summed E-state index contributed by atoms with van der Waals surface area (Å²) in [6, 6.07) is -0.329. The first-order valence-electron chi connectivity index (χ1n) is 13.8. The van der Waals surface area contributed by atoms with Gasteiger partial charge in [-0.1, -0.05) is 6.92 Å². The summed E-state index contributed by atoms with van der Waals surface area (Å²) in [6.07, 6.45) is 11.1. The lowest BCUT2D eigenvalue weighted by molar-refractivity contribution is -0.186. The summed E-state index contributed by atoms with van der Waals surface area (Å²) < 4.78 is 13.1. The highest BCUT2D eigenvalue weighted by atomic mass is 32.2. The average Bonchev–Trinajstić information content (AvgIpc) is 3.52. The van der Waals surface area contributed by atoms with Gasteiger partial charge < -0.3 is 19.5 Å². The van der Waals surface area contributed by atoms with Crippen molar-refractivity contribution in [1.29, 1.82) is 0 Å². The van der Waals surface area contributed by atoms with Crippen LogP contribution in [0.5, 0.6) is 0 Å². The van der Waals surface area contributed by atoms with Crippen LogP contribution in [-0.2, 0) is 23.9 Å². The maximum absolute atomic E-state index is 13.5. The lowest BCUT2D eigenvalue weighted by Crippen LogP contribution is -2.63. The number of ether oxygens (including phenoxy) is 2. The maximum atomic E-state index is 13.5. The first-order chi connectivity index (χ1) is 18.7. The number of esters is 2. The lowest BCUT2D eigenvalue weighted by atomic mass is 9.49. The standard InChI is InChI=1S/C28H33N3O6S2/c1-13-19(18-10-30-11-29-23(38-3)25(30)39-18)22(31-21(13)20(14(2)32)24(31)33)26(34)36-12-37-27(35)28-7-15-4-16(8-28)6-17(5-15)9-28/h10-11,13-17,20-21,32H,4-9,12H2,1-3H3/t13-,14+,15?,16?,17?,20+,21+,28?/m0/s1. The number of thiazole rings is 1. The Morgan fingerprint density at radius 2 is 1.87 bits per heavy atom. The fourth-order valence-corrected chi connectivity index (χ4v) is 10.6. The number of hydrogen-bond donors (Lipinski definition) is 1. The zero-order valence-corrected chi connectivity index (χ0v) is 23.9. The van der Waals surface area contributed by atoms with Gasteiger partial charge in [-0.3, -0.25) is 14.0 Å². The minimum atomic E-state index is -0.828. The van der Waals surface area contributed by atoms with Crippen molar-refractivity contribution in [1.82, 2.24) is 14.3 Å². The number of hydrogen-bond acceptors (Lipinski definition) is 9. The van der Waals surface area contributed by atoms with Crippen molar-refractivity contribution in [3.05, 3.63) is 23.1 Å². The number of aliphatic hydroxyl groups excluding tert-OH is 1. The first-order valence-corrected chi connectivity index (χ1v) is 15.9. The number of β-lactam (4-membered cyclic amide) rings is 1.